The van der Waals surface area contributed by atoms with Gasteiger partial charge in [-0.1, -0.05) is 34.1 Å². The fraction of sp³-hybridized carbons (Fsp3) is 0.300. The van der Waals surface area contributed by atoms with Crippen LogP contribution >= 0.6 is 27.7 Å². The van der Waals surface area contributed by atoms with Gasteiger partial charge in [0.15, 0.2) is 0 Å². The number of hydrogen-bond donors (Lipinski definition) is 2. The third kappa shape index (κ3) is 7.61. The molecule has 0 aromatic heterocycles. The first-order chi connectivity index (χ1) is 13.3. The van der Waals surface area contributed by atoms with Crippen LogP contribution in [0.3, 0.4) is 0 Å². The zero-order chi connectivity index (χ0) is 20.5. The fourth-order valence-corrected chi connectivity index (χ4v) is 3.59. The highest BCUT2D eigenvalue weighted by molar-refractivity contribution is 9.10. The molecule has 2 aromatic rings. The number of thioether (sulfide) groups is 1. The maximum Gasteiger partial charge on any atom is 0.234 e. The van der Waals surface area contributed by atoms with Gasteiger partial charge in [-0.05, 0) is 50.0 Å². The lowest BCUT2D eigenvalue weighted by atomic mass is 10.1. The van der Waals surface area contributed by atoms with Crippen molar-refractivity contribution < 1.29 is 14.0 Å². The minimum atomic E-state index is -0.289. The summed E-state index contributed by atoms with van der Waals surface area (Å²) in [6.45, 7) is 0.405. The molecule has 150 valence electrons. The lowest BCUT2D eigenvalue weighted by Crippen LogP contribution is -2.35. The average Bonchev–Trinajstić information content (AvgIpc) is 2.63. The summed E-state index contributed by atoms with van der Waals surface area (Å²) < 4.78 is 14.0. The van der Waals surface area contributed by atoms with Gasteiger partial charge < -0.3 is 15.5 Å². The summed E-state index contributed by atoms with van der Waals surface area (Å²) in [5, 5.41) is 5.66. The minimum Gasteiger partial charge on any atom is -0.353 e. The molecule has 2 N–H and O–H groups in total. The van der Waals surface area contributed by atoms with Gasteiger partial charge in [-0.3, -0.25) is 9.59 Å². The summed E-state index contributed by atoms with van der Waals surface area (Å²) in [6, 6.07) is 13.5. The Kier molecular flexibility index (Phi) is 8.95. The third-order valence-corrected chi connectivity index (χ3v) is 5.37. The molecule has 2 aromatic carbocycles. The van der Waals surface area contributed by atoms with Crippen molar-refractivity contribution in [1.82, 2.24) is 10.2 Å². The smallest absolute Gasteiger partial charge is 0.234 e. The molecule has 28 heavy (non-hydrogen) atoms. The van der Waals surface area contributed by atoms with Crippen molar-refractivity contribution in [3.63, 3.8) is 0 Å². The Hall–Kier alpha value is -1.90. The SMILES string of the molecule is CN(C)C(CNC(=O)CSCC(=O)Nc1cccc(Br)c1)c1ccc(F)cc1. The lowest BCUT2D eigenvalue weighted by molar-refractivity contribution is -0.118. The van der Waals surface area contributed by atoms with E-state index >= 15 is 0 Å². The number of carbonyl (C=O) groups excluding carboxylic acids is 2. The van der Waals surface area contributed by atoms with E-state index in [0.717, 1.165) is 10.0 Å². The second-order valence-corrected chi connectivity index (χ2v) is 8.29. The van der Waals surface area contributed by atoms with Gasteiger partial charge in [0.05, 0.1) is 17.5 Å². The van der Waals surface area contributed by atoms with Crippen LogP contribution in [-0.4, -0.2) is 48.9 Å². The average molecular weight is 468 g/mol. The van der Waals surface area contributed by atoms with E-state index in [1.165, 1.54) is 23.9 Å². The second-order valence-electron chi connectivity index (χ2n) is 6.39. The molecule has 1 atom stereocenters. The van der Waals surface area contributed by atoms with Crippen molar-refractivity contribution in [2.45, 2.75) is 6.04 Å². The Labute approximate surface area is 177 Å². The Bertz CT molecular complexity index is 802. The second kappa shape index (κ2) is 11.2. The molecule has 0 aliphatic heterocycles. The molecular formula is C20H23BrFN3O2S. The quantitative estimate of drug-likeness (QED) is 0.590. The van der Waals surface area contributed by atoms with Crippen LogP contribution in [0.15, 0.2) is 53.0 Å². The van der Waals surface area contributed by atoms with Crippen LogP contribution in [0.25, 0.3) is 0 Å². The zero-order valence-electron chi connectivity index (χ0n) is 15.7. The van der Waals surface area contributed by atoms with Crippen molar-refractivity contribution in [2.75, 3.05) is 37.5 Å². The number of nitrogens with zero attached hydrogens (tertiary/aromatic N) is 1. The van der Waals surface area contributed by atoms with Crippen LogP contribution in [0.1, 0.15) is 11.6 Å². The van der Waals surface area contributed by atoms with E-state index in [0.29, 0.717) is 12.2 Å². The molecule has 0 aliphatic rings. The first kappa shape index (κ1) is 22.4. The van der Waals surface area contributed by atoms with Crippen LogP contribution < -0.4 is 10.6 Å². The molecule has 2 rings (SSSR count). The van der Waals surface area contributed by atoms with Crippen molar-refractivity contribution in [3.8, 4) is 0 Å². The molecule has 0 fully saturated rings. The number of amides is 2. The molecule has 0 saturated carbocycles. The number of anilines is 1. The molecule has 0 radical (unpaired) electrons. The molecule has 8 heteroatoms. The number of benzene rings is 2. The number of nitrogens with one attached hydrogen (secondary N) is 2. The first-order valence-corrected chi connectivity index (χ1v) is 10.6. The Balaban J connectivity index is 1.73. The predicted molar refractivity (Wildman–Crippen MR) is 116 cm³/mol. The summed E-state index contributed by atoms with van der Waals surface area (Å²) in [5.41, 5.74) is 1.63. The summed E-state index contributed by atoms with van der Waals surface area (Å²) >= 11 is 4.60. The van der Waals surface area contributed by atoms with Crippen LogP contribution in [0.2, 0.25) is 0 Å². The van der Waals surface area contributed by atoms with E-state index in [2.05, 4.69) is 26.6 Å². The van der Waals surface area contributed by atoms with E-state index in [4.69, 9.17) is 0 Å². The number of carbonyl (C=O) groups is 2. The number of halogens is 2. The first-order valence-electron chi connectivity index (χ1n) is 8.67. The van der Waals surface area contributed by atoms with Crippen molar-refractivity contribution >= 4 is 45.2 Å². The largest absolute Gasteiger partial charge is 0.353 e. The molecule has 0 spiro atoms. The predicted octanol–water partition coefficient (Wildman–Crippen LogP) is 3.68. The van der Waals surface area contributed by atoms with Gasteiger partial charge in [0.1, 0.15) is 5.82 Å². The number of hydrogen-bond acceptors (Lipinski definition) is 4. The van der Waals surface area contributed by atoms with E-state index in [9.17, 15) is 14.0 Å². The van der Waals surface area contributed by atoms with Crippen molar-refractivity contribution in [1.29, 1.82) is 0 Å². The molecule has 1 unspecified atom stereocenters. The molecule has 5 nitrogen and oxygen atoms in total. The summed E-state index contributed by atoms with van der Waals surface area (Å²) in [6.07, 6.45) is 0. The molecule has 0 aliphatic carbocycles. The molecule has 0 heterocycles. The molecule has 0 saturated heterocycles. The van der Waals surface area contributed by atoms with Crippen LogP contribution in [0.4, 0.5) is 10.1 Å². The molecular weight excluding hydrogens is 445 g/mol. The minimum absolute atomic E-state index is 0.0608. The topological polar surface area (TPSA) is 61.4 Å². The van der Waals surface area contributed by atoms with Crippen LogP contribution in [0.5, 0.6) is 0 Å². The maximum absolute atomic E-state index is 13.1. The van der Waals surface area contributed by atoms with Gasteiger partial charge in [0.25, 0.3) is 0 Å². The van der Waals surface area contributed by atoms with Gasteiger partial charge in [-0.25, -0.2) is 4.39 Å². The third-order valence-electron chi connectivity index (χ3n) is 3.95. The monoisotopic (exact) mass is 467 g/mol. The Morgan fingerprint density at radius 3 is 2.43 bits per heavy atom. The van der Waals surface area contributed by atoms with Gasteiger partial charge >= 0.3 is 0 Å². The van der Waals surface area contributed by atoms with Gasteiger partial charge in [0.2, 0.25) is 11.8 Å². The maximum atomic E-state index is 13.1. The highest BCUT2D eigenvalue weighted by Gasteiger charge is 2.15. The Morgan fingerprint density at radius 2 is 1.79 bits per heavy atom. The van der Waals surface area contributed by atoms with Crippen LogP contribution in [-0.2, 0) is 9.59 Å². The summed E-state index contributed by atoms with van der Waals surface area (Å²) in [5.74, 6) is -0.213. The molecule has 0 bridgehead atoms. The normalized spacial score (nSPS) is 11.9. The van der Waals surface area contributed by atoms with Crippen LogP contribution in [0, 0.1) is 5.82 Å². The Morgan fingerprint density at radius 1 is 1.11 bits per heavy atom. The standard InChI is InChI=1S/C20H23BrFN3O2S/c1-25(2)18(14-6-8-16(22)9-7-14)11-23-19(26)12-28-13-20(27)24-17-5-3-4-15(21)10-17/h3-10,18H,11-13H2,1-2H3,(H,23,26)(H,24,27). The van der Waals surface area contributed by atoms with Crippen molar-refractivity contribution in [3.05, 3.63) is 64.4 Å². The van der Waals surface area contributed by atoms with E-state index in [-0.39, 0.29) is 35.2 Å². The summed E-state index contributed by atoms with van der Waals surface area (Å²) in [7, 11) is 3.81. The molecule has 2 amide bonds. The van der Waals surface area contributed by atoms with E-state index in [1.54, 1.807) is 18.2 Å². The highest BCUT2D eigenvalue weighted by Crippen LogP contribution is 2.18. The van der Waals surface area contributed by atoms with E-state index in [1.807, 2.05) is 37.2 Å². The van der Waals surface area contributed by atoms with Gasteiger partial charge in [-0.2, -0.15) is 0 Å². The number of likely N-dealkylation sites (N-methyl/N-ethyl adjacent to an activating group) is 1. The lowest BCUT2D eigenvalue weighted by Gasteiger charge is -2.25. The van der Waals surface area contributed by atoms with Gasteiger partial charge in [-0.15, -0.1) is 11.8 Å². The van der Waals surface area contributed by atoms with Crippen molar-refractivity contribution in [2.24, 2.45) is 0 Å². The van der Waals surface area contributed by atoms with E-state index < -0.39 is 0 Å². The fourth-order valence-electron chi connectivity index (χ4n) is 2.54. The highest BCUT2D eigenvalue weighted by atomic mass is 79.9. The number of rotatable bonds is 9. The van der Waals surface area contributed by atoms with Gasteiger partial charge in [0, 0.05) is 16.7 Å². The zero-order valence-corrected chi connectivity index (χ0v) is 18.1. The summed E-state index contributed by atoms with van der Waals surface area (Å²) in [4.78, 5) is 26.0.